The predicted octanol–water partition coefficient (Wildman–Crippen LogP) is 13.3. The van der Waals surface area contributed by atoms with Crippen molar-refractivity contribution >= 4 is 82.9 Å². The van der Waals surface area contributed by atoms with Gasteiger partial charge < -0.3 is 4.57 Å². The normalized spacial score (nSPS) is 14.4. The molecule has 8 aromatic carbocycles. The molecule has 56 heavy (non-hydrogen) atoms. The molecule has 0 atom stereocenters. The maximum Gasteiger partial charge on any atom is 0.227 e. The zero-order valence-electron chi connectivity index (χ0n) is 30.4. The molecule has 262 valence electrons. The summed E-state index contributed by atoms with van der Waals surface area (Å²) in [5.41, 5.74) is 10.4. The van der Waals surface area contributed by atoms with Crippen molar-refractivity contribution in [3.63, 3.8) is 0 Å². The summed E-state index contributed by atoms with van der Waals surface area (Å²) >= 11 is 0. The minimum absolute atomic E-state index is 0.166. The van der Waals surface area contributed by atoms with E-state index in [9.17, 15) is 5.41 Å². The standard InChI is InChI=1S/C52H34N4/c53-52(54-46-23-11-6-18-38(46)30-34-14-2-1-3-15-34)56-47-24-12-9-20-41(47)42-29-27-37(32-49(42)56)45-33-50-51(43-21-8-7-19-40(43)45)44-22-10-13-25-48(44)55(50)39-28-26-35-16-4-5-17-36(35)31-39/h1-33,53H/b38-30+,53-52?,54-46?. The zero-order chi connectivity index (χ0) is 37.2. The van der Waals surface area contributed by atoms with Gasteiger partial charge in [-0.05, 0) is 86.8 Å². The number of hydrogen-bond donors (Lipinski definition) is 1. The van der Waals surface area contributed by atoms with Crippen LogP contribution in [-0.4, -0.2) is 20.8 Å². The van der Waals surface area contributed by atoms with Gasteiger partial charge in [0, 0.05) is 32.8 Å². The predicted molar refractivity (Wildman–Crippen MR) is 237 cm³/mol. The summed E-state index contributed by atoms with van der Waals surface area (Å²) in [5.74, 6) is 0.166. The highest BCUT2D eigenvalue weighted by atomic mass is 15.1. The Hall–Kier alpha value is -7.56. The molecule has 4 heteroatoms. The molecule has 1 N–H and O–H groups in total. The maximum atomic E-state index is 9.56. The van der Waals surface area contributed by atoms with Crippen LogP contribution >= 0.6 is 0 Å². The summed E-state index contributed by atoms with van der Waals surface area (Å²) in [6.45, 7) is 0. The molecule has 0 bridgehead atoms. The third-order valence-corrected chi connectivity index (χ3v) is 11.2. The lowest BCUT2D eigenvalue weighted by molar-refractivity contribution is 1.19. The second kappa shape index (κ2) is 12.8. The van der Waals surface area contributed by atoms with Gasteiger partial charge in [0.1, 0.15) is 0 Å². The molecule has 2 aromatic heterocycles. The molecule has 0 fully saturated rings. The number of allylic oxidation sites excluding steroid dienone is 5. The van der Waals surface area contributed by atoms with Crippen LogP contribution in [-0.2, 0) is 0 Å². The molecule has 0 amide bonds. The Bertz CT molecular complexity index is 3370. The number of rotatable bonds is 3. The van der Waals surface area contributed by atoms with Crippen molar-refractivity contribution in [1.82, 2.24) is 9.13 Å². The quantitative estimate of drug-likeness (QED) is 0.140. The van der Waals surface area contributed by atoms with Crippen LogP contribution < -0.4 is 0 Å². The largest absolute Gasteiger partial charge is 0.309 e. The smallest absolute Gasteiger partial charge is 0.227 e. The molecule has 0 spiro atoms. The van der Waals surface area contributed by atoms with E-state index in [1.165, 1.54) is 37.8 Å². The molecule has 0 radical (unpaired) electrons. The number of hydrogen-bond acceptors (Lipinski definition) is 1. The first-order chi connectivity index (χ1) is 27.7. The SMILES string of the molecule is N=C(N=C1C=CC=C/C1=C\c1ccccc1)n1c2ccccc2c2ccc(-c3cc4c(c5ccccc35)c3ccccc3n4-c3ccc4ccccc4c3)cc21. The van der Waals surface area contributed by atoms with Crippen LogP contribution in [0.3, 0.4) is 0 Å². The summed E-state index contributed by atoms with van der Waals surface area (Å²) in [6.07, 6.45) is 10.2. The van der Waals surface area contributed by atoms with Crippen LogP contribution in [0, 0.1) is 5.41 Å². The number of para-hydroxylation sites is 2. The van der Waals surface area contributed by atoms with E-state index < -0.39 is 0 Å². The lowest BCUT2D eigenvalue weighted by atomic mass is 9.94. The van der Waals surface area contributed by atoms with E-state index in [1.807, 2.05) is 47.1 Å². The highest BCUT2D eigenvalue weighted by Gasteiger charge is 2.20. The van der Waals surface area contributed by atoms with Crippen LogP contribution in [0.1, 0.15) is 5.56 Å². The fraction of sp³-hybridized carbons (Fsp3) is 0. The van der Waals surface area contributed by atoms with Gasteiger partial charge in [-0.15, -0.1) is 0 Å². The summed E-state index contributed by atoms with van der Waals surface area (Å²) in [7, 11) is 0. The average Bonchev–Trinajstić information content (AvgIpc) is 3.77. The molecule has 0 unspecified atom stereocenters. The molecular formula is C52H34N4. The molecule has 1 aliphatic rings. The topological polar surface area (TPSA) is 46.1 Å². The Labute approximate surface area is 323 Å². The average molecular weight is 715 g/mol. The summed E-state index contributed by atoms with van der Waals surface area (Å²) < 4.78 is 4.42. The first kappa shape index (κ1) is 31.9. The Balaban J connectivity index is 1.14. The van der Waals surface area contributed by atoms with Crippen molar-refractivity contribution in [2.75, 3.05) is 0 Å². The molecule has 1 aliphatic carbocycles. The Morgan fingerprint density at radius 3 is 2.04 bits per heavy atom. The Morgan fingerprint density at radius 1 is 0.500 bits per heavy atom. The number of aliphatic imine (C=N–C) groups is 1. The summed E-state index contributed by atoms with van der Waals surface area (Å²) in [5, 5.41) is 19.1. The van der Waals surface area contributed by atoms with Gasteiger partial charge in [0.25, 0.3) is 0 Å². The molecular weight excluding hydrogens is 681 g/mol. The van der Waals surface area contributed by atoms with E-state index in [4.69, 9.17) is 4.99 Å². The van der Waals surface area contributed by atoms with Crippen molar-refractivity contribution in [3.8, 4) is 16.8 Å². The number of fused-ring (bicyclic) bond motifs is 9. The number of nitrogens with one attached hydrogen (secondary N) is 1. The molecule has 2 heterocycles. The van der Waals surface area contributed by atoms with Gasteiger partial charge in [0.05, 0.1) is 27.8 Å². The minimum atomic E-state index is 0.166. The molecule has 4 nitrogen and oxygen atoms in total. The van der Waals surface area contributed by atoms with Gasteiger partial charge >= 0.3 is 0 Å². The number of aromatic nitrogens is 2. The van der Waals surface area contributed by atoms with Crippen molar-refractivity contribution in [2.24, 2.45) is 4.99 Å². The van der Waals surface area contributed by atoms with Crippen LogP contribution in [0.5, 0.6) is 0 Å². The fourth-order valence-electron chi connectivity index (χ4n) is 8.63. The summed E-state index contributed by atoms with van der Waals surface area (Å²) in [6, 6.07) is 60.5. The van der Waals surface area contributed by atoms with Crippen LogP contribution in [0.4, 0.5) is 0 Å². The first-order valence-electron chi connectivity index (χ1n) is 19.0. The van der Waals surface area contributed by atoms with E-state index in [1.54, 1.807) is 0 Å². The highest BCUT2D eigenvalue weighted by molar-refractivity contribution is 6.25. The van der Waals surface area contributed by atoms with Gasteiger partial charge in [-0.25, -0.2) is 4.99 Å². The second-order valence-corrected chi connectivity index (χ2v) is 14.4. The molecule has 10 aromatic rings. The van der Waals surface area contributed by atoms with Gasteiger partial charge in [0.15, 0.2) is 0 Å². The third-order valence-electron chi connectivity index (χ3n) is 11.2. The Morgan fingerprint density at radius 2 is 1.18 bits per heavy atom. The fourth-order valence-corrected chi connectivity index (χ4v) is 8.63. The molecule has 11 rings (SSSR count). The minimum Gasteiger partial charge on any atom is -0.309 e. The van der Waals surface area contributed by atoms with Crippen molar-refractivity contribution < 1.29 is 0 Å². The van der Waals surface area contributed by atoms with Crippen molar-refractivity contribution in [3.05, 3.63) is 205 Å². The monoisotopic (exact) mass is 714 g/mol. The molecule has 0 aliphatic heterocycles. The van der Waals surface area contributed by atoms with Crippen molar-refractivity contribution in [1.29, 1.82) is 5.41 Å². The zero-order valence-corrected chi connectivity index (χ0v) is 30.4. The van der Waals surface area contributed by atoms with E-state index in [2.05, 4.69) is 162 Å². The van der Waals surface area contributed by atoms with Gasteiger partial charge in [-0.2, -0.15) is 0 Å². The molecule has 0 saturated carbocycles. The van der Waals surface area contributed by atoms with Gasteiger partial charge in [0.2, 0.25) is 5.96 Å². The van der Waals surface area contributed by atoms with Crippen LogP contribution in [0.2, 0.25) is 0 Å². The number of nitrogens with zero attached hydrogens (tertiary/aromatic N) is 3. The first-order valence-corrected chi connectivity index (χ1v) is 19.0. The van der Waals surface area contributed by atoms with Crippen LogP contribution in [0.25, 0.3) is 88.0 Å². The van der Waals surface area contributed by atoms with E-state index in [0.29, 0.717) is 0 Å². The van der Waals surface area contributed by atoms with E-state index in [0.717, 1.165) is 61.0 Å². The van der Waals surface area contributed by atoms with E-state index in [-0.39, 0.29) is 5.96 Å². The van der Waals surface area contributed by atoms with Crippen LogP contribution in [0.15, 0.2) is 205 Å². The lowest BCUT2D eigenvalue weighted by Crippen LogP contribution is -2.12. The van der Waals surface area contributed by atoms with Gasteiger partial charge in [-0.3, -0.25) is 9.98 Å². The summed E-state index contributed by atoms with van der Waals surface area (Å²) in [4.78, 5) is 4.99. The molecule has 0 saturated heterocycles. The van der Waals surface area contributed by atoms with Crippen molar-refractivity contribution in [2.45, 2.75) is 0 Å². The maximum absolute atomic E-state index is 9.56. The second-order valence-electron chi connectivity index (χ2n) is 14.4. The van der Waals surface area contributed by atoms with Gasteiger partial charge in [-0.1, -0.05) is 152 Å². The van der Waals surface area contributed by atoms with E-state index >= 15 is 0 Å². The lowest BCUT2D eigenvalue weighted by Gasteiger charge is -2.14. The highest BCUT2D eigenvalue weighted by Crippen LogP contribution is 2.43. The third kappa shape index (κ3) is 5.08. The number of benzene rings is 8. The Kier molecular flexibility index (Phi) is 7.29.